The highest BCUT2D eigenvalue weighted by atomic mass is 35.5. The Morgan fingerprint density at radius 1 is 1.28 bits per heavy atom. The van der Waals surface area contributed by atoms with Crippen molar-refractivity contribution in [3.05, 3.63) is 49.6 Å². The molecule has 3 rings (SSSR count). The van der Waals surface area contributed by atoms with Crippen LogP contribution >= 0.6 is 34.5 Å². The number of hydrogen-bond donors (Lipinski definition) is 1. The van der Waals surface area contributed by atoms with Crippen molar-refractivity contribution in [2.24, 2.45) is 5.73 Å². The van der Waals surface area contributed by atoms with Crippen LogP contribution in [-0.2, 0) is 6.42 Å². The van der Waals surface area contributed by atoms with Crippen LogP contribution in [0.3, 0.4) is 0 Å². The zero-order chi connectivity index (χ0) is 12.7. The molecule has 5 heteroatoms. The van der Waals surface area contributed by atoms with Gasteiger partial charge in [0.25, 0.3) is 0 Å². The van der Waals surface area contributed by atoms with Gasteiger partial charge in [-0.05, 0) is 11.6 Å². The third-order valence-corrected chi connectivity index (χ3v) is 4.62. The molecular formula is C13H11Cl2NOS. The average Bonchev–Trinajstić information content (AvgIpc) is 2.94. The van der Waals surface area contributed by atoms with Crippen molar-refractivity contribution < 1.29 is 4.74 Å². The van der Waals surface area contributed by atoms with Gasteiger partial charge in [-0.25, -0.2) is 0 Å². The second-order valence-electron chi connectivity index (χ2n) is 4.19. The first-order valence-electron chi connectivity index (χ1n) is 5.61. The Bertz CT molecular complexity index is 597. The van der Waals surface area contributed by atoms with E-state index in [1.54, 1.807) is 0 Å². The molecule has 1 aliphatic heterocycles. The van der Waals surface area contributed by atoms with Crippen molar-refractivity contribution in [2.75, 3.05) is 6.61 Å². The van der Waals surface area contributed by atoms with E-state index in [1.807, 2.05) is 18.2 Å². The zero-order valence-electron chi connectivity index (χ0n) is 9.45. The number of thiophene rings is 1. The molecule has 0 spiro atoms. The SMILES string of the molecule is NC(c1cc(Cl)sc1Cl)c1cccc2c1OCC2. The highest BCUT2D eigenvalue weighted by molar-refractivity contribution is 7.20. The van der Waals surface area contributed by atoms with Crippen molar-refractivity contribution in [1.82, 2.24) is 0 Å². The summed E-state index contributed by atoms with van der Waals surface area (Å²) in [7, 11) is 0. The van der Waals surface area contributed by atoms with Gasteiger partial charge in [-0.15, -0.1) is 11.3 Å². The molecule has 1 aromatic carbocycles. The summed E-state index contributed by atoms with van der Waals surface area (Å²) in [5.74, 6) is 0.906. The highest BCUT2D eigenvalue weighted by Crippen LogP contribution is 2.40. The molecule has 2 nitrogen and oxygen atoms in total. The van der Waals surface area contributed by atoms with E-state index < -0.39 is 0 Å². The fraction of sp³-hybridized carbons (Fsp3) is 0.231. The quantitative estimate of drug-likeness (QED) is 0.908. The number of benzene rings is 1. The number of halogens is 2. The average molecular weight is 300 g/mol. The Hall–Kier alpha value is -0.740. The minimum atomic E-state index is -0.297. The summed E-state index contributed by atoms with van der Waals surface area (Å²) in [6.07, 6.45) is 0.939. The summed E-state index contributed by atoms with van der Waals surface area (Å²) < 4.78 is 6.96. The van der Waals surface area contributed by atoms with Crippen LogP contribution in [0.15, 0.2) is 24.3 Å². The topological polar surface area (TPSA) is 35.2 Å². The monoisotopic (exact) mass is 299 g/mol. The molecule has 2 N–H and O–H groups in total. The lowest BCUT2D eigenvalue weighted by Gasteiger charge is -2.15. The molecule has 18 heavy (non-hydrogen) atoms. The van der Waals surface area contributed by atoms with Crippen molar-refractivity contribution in [3.8, 4) is 5.75 Å². The maximum absolute atomic E-state index is 6.29. The molecule has 94 valence electrons. The van der Waals surface area contributed by atoms with E-state index in [0.29, 0.717) is 8.67 Å². The molecule has 0 amide bonds. The number of fused-ring (bicyclic) bond motifs is 1. The molecule has 0 fully saturated rings. The first kappa shape index (κ1) is 12.3. The highest BCUT2D eigenvalue weighted by Gasteiger charge is 2.23. The van der Waals surface area contributed by atoms with Crippen LogP contribution in [0.2, 0.25) is 8.67 Å². The summed E-state index contributed by atoms with van der Waals surface area (Å²) in [5, 5.41) is 0. The Kier molecular flexibility index (Phi) is 3.24. The molecule has 0 saturated heterocycles. The Morgan fingerprint density at radius 2 is 2.11 bits per heavy atom. The van der Waals surface area contributed by atoms with Gasteiger partial charge in [-0.3, -0.25) is 0 Å². The molecule has 1 unspecified atom stereocenters. The van der Waals surface area contributed by atoms with Crippen LogP contribution in [0.25, 0.3) is 0 Å². The second kappa shape index (κ2) is 4.74. The van der Waals surface area contributed by atoms with Crippen LogP contribution in [-0.4, -0.2) is 6.61 Å². The van der Waals surface area contributed by atoms with Gasteiger partial charge in [0, 0.05) is 17.5 Å². The fourth-order valence-electron chi connectivity index (χ4n) is 2.22. The molecule has 0 radical (unpaired) electrons. The van der Waals surface area contributed by atoms with E-state index in [2.05, 4.69) is 6.07 Å². The molecule has 0 bridgehead atoms. The Labute approximate surface area is 119 Å². The van der Waals surface area contributed by atoms with Crippen LogP contribution in [0, 0.1) is 0 Å². The van der Waals surface area contributed by atoms with Crippen LogP contribution in [0.4, 0.5) is 0 Å². The molecule has 0 saturated carbocycles. The standard InChI is InChI=1S/C13H11Cl2NOS/c14-10-6-9(13(15)18-10)11(16)8-3-1-2-7-4-5-17-12(7)8/h1-3,6,11H,4-5,16H2. The van der Waals surface area contributed by atoms with E-state index in [9.17, 15) is 0 Å². The number of hydrogen-bond acceptors (Lipinski definition) is 3. The predicted molar refractivity (Wildman–Crippen MR) is 76.0 cm³/mol. The summed E-state index contributed by atoms with van der Waals surface area (Å²) in [6, 6.07) is 7.59. The summed E-state index contributed by atoms with van der Waals surface area (Å²) in [6.45, 7) is 0.719. The lowest BCUT2D eigenvalue weighted by Crippen LogP contribution is -2.12. The lowest BCUT2D eigenvalue weighted by molar-refractivity contribution is 0.352. The van der Waals surface area contributed by atoms with E-state index in [1.165, 1.54) is 16.9 Å². The van der Waals surface area contributed by atoms with Crippen molar-refractivity contribution in [3.63, 3.8) is 0 Å². The first-order valence-corrected chi connectivity index (χ1v) is 7.19. The van der Waals surface area contributed by atoms with Gasteiger partial charge in [0.2, 0.25) is 0 Å². The van der Waals surface area contributed by atoms with E-state index in [-0.39, 0.29) is 6.04 Å². The van der Waals surface area contributed by atoms with Gasteiger partial charge in [0.1, 0.15) is 5.75 Å². The Balaban J connectivity index is 2.05. The smallest absolute Gasteiger partial charge is 0.127 e. The molecule has 1 aromatic heterocycles. The van der Waals surface area contributed by atoms with Gasteiger partial charge >= 0.3 is 0 Å². The molecular weight excluding hydrogens is 289 g/mol. The number of nitrogens with two attached hydrogens (primary N) is 1. The summed E-state index contributed by atoms with van der Waals surface area (Å²) in [5.41, 5.74) is 9.33. The van der Waals surface area contributed by atoms with E-state index in [0.717, 1.165) is 29.9 Å². The fourth-order valence-corrected chi connectivity index (χ4v) is 3.77. The third-order valence-electron chi connectivity index (χ3n) is 3.10. The number of rotatable bonds is 2. The number of ether oxygens (including phenoxy) is 1. The largest absolute Gasteiger partial charge is 0.493 e. The van der Waals surface area contributed by atoms with Crippen LogP contribution in [0.1, 0.15) is 22.7 Å². The van der Waals surface area contributed by atoms with E-state index >= 15 is 0 Å². The zero-order valence-corrected chi connectivity index (χ0v) is 11.8. The molecule has 2 heterocycles. The molecule has 0 aliphatic carbocycles. The summed E-state index contributed by atoms with van der Waals surface area (Å²) >= 11 is 13.5. The summed E-state index contributed by atoms with van der Waals surface area (Å²) in [4.78, 5) is 0. The van der Waals surface area contributed by atoms with Crippen molar-refractivity contribution >= 4 is 34.5 Å². The van der Waals surface area contributed by atoms with Gasteiger partial charge in [0.15, 0.2) is 0 Å². The van der Waals surface area contributed by atoms with Gasteiger partial charge in [-0.2, -0.15) is 0 Å². The maximum atomic E-state index is 6.29. The molecule has 1 aliphatic rings. The molecule has 1 atom stereocenters. The minimum Gasteiger partial charge on any atom is -0.493 e. The van der Waals surface area contributed by atoms with Gasteiger partial charge in [0.05, 0.1) is 21.3 Å². The number of para-hydroxylation sites is 1. The minimum absolute atomic E-state index is 0.297. The first-order chi connectivity index (χ1) is 8.66. The molecule has 2 aromatic rings. The van der Waals surface area contributed by atoms with Crippen LogP contribution < -0.4 is 10.5 Å². The maximum Gasteiger partial charge on any atom is 0.127 e. The lowest BCUT2D eigenvalue weighted by atomic mass is 9.98. The van der Waals surface area contributed by atoms with Gasteiger partial charge < -0.3 is 10.5 Å². The van der Waals surface area contributed by atoms with Crippen LogP contribution in [0.5, 0.6) is 5.75 Å². The second-order valence-corrected chi connectivity index (χ2v) is 6.48. The normalized spacial score (nSPS) is 15.3. The van der Waals surface area contributed by atoms with Crippen molar-refractivity contribution in [1.29, 1.82) is 0 Å². The third kappa shape index (κ3) is 2.01. The van der Waals surface area contributed by atoms with Crippen molar-refractivity contribution in [2.45, 2.75) is 12.5 Å². The van der Waals surface area contributed by atoms with E-state index in [4.69, 9.17) is 33.7 Å². The Morgan fingerprint density at radius 3 is 2.83 bits per heavy atom. The predicted octanol–water partition coefficient (Wildman–Crippen LogP) is 4.04. The van der Waals surface area contributed by atoms with Gasteiger partial charge in [-0.1, -0.05) is 41.4 Å².